The molecule has 0 aromatic carbocycles. The van der Waals surface area contributed by atoms with Crippen LogP contribution < -0.4 is 0 Å². The largest absolute Gasteiger partial charge is 0.397 e. The minimum atomic E-state index is -4.34. The lowest BCUT2D eigenvalue weighted by Crippen LogP contribution is -2.17. The minimum absolute atomic E-state index is 0.0502. The maximum atomic E-state index is 10.0. The minimum Gasteiger partial charge on any atom is -0.379 e. The zero-order chi connectivity index (χ0) is 10.3. The van der Waals surface area contributed by atoms with Crippen molar-refractivity contribution in [3.05, 3.63) is 0 Å². The first-order chi connectivity index (χ1) is 5.95. The van der Waals surface area contributed by atoms with Gasteiger partial charge in [-0.1, -0.05) is 0 Å². The lowest BCUT2D eigenvalue weighted by molar-refractivity contribution is 0.00923. The Balaban J connectivity index is 3.27. The van der Waals surface area contributed by atoms with Crippen molar-refractivity contribution in [3.63, 3.8) is 0 Å². The van der Waals surface area contributed by atoms with E-state index in [1.54, 1.807) is 7.11 Å². The average molecular weight is 214 g/mol. The Kier molecular flexibility index (Phi) is 6.17. The fourth-order valence-corrected chi connectivity index (χ4v) is 0.794. The summed E-state index contributed by atoms with van der Waals surface area (Å²) >= 11 is 0. The second-order valence-electron chi connectivity index (χ2n) is 2.37. The van der Waals surface area contributed by atoms with Crippen LogP contribution in [0.1, 0.15) is 6.92 Å². The van der Waals surface area contributed by atoms with Crippen LogP contribution in [0.3, 0.4) is 0 Å². The van der Waals surface area contributed by atoms with Gasteiger partial charge in [-0.05, 0) is 6.92 Å². The third-order valence-electron chi connectivity index (χ3n) is 1.21. The highest BCUT2D eigenvalue weighted by Gasteiger charge is 2.04. The van der Waals surface area contributed by atoms with E-state index in [0.29, 0.717) is 6.61 Å². The number of hydrogen-bond acceptors (Lipinski definition) is 5. The number of hydrogen-bond donors (Lipinski definition) is 1. The van der Waals surface area contributed by atoms with Crippen LogP contribution in [0.2, 0.25) is 0 Å². The van der Waals surface area contributed by atoms with E-state index in [1.807, 2.05) is 6.92 Å². The molecule has 0 aliphatic heterocycles. The molecule has 1 atom stereocenters. The Morgan fingerprint density at radius 2 is 2.00 bits per heavy atom. The Bertz CT molecular complexity index is 211. The van der Waals surface area contributed by atoms with Crippen molar-refractivity contribution in [1.29, 1.82) is 0 Å². The molecule has 0 aromatic rings. The molecule has 13 heavy (non-hydrogen) atoms. The van der Waals surface area contributed by atoms with Crippen LogP contribution in [0.5, 0.6) is 0 Å². The Hall–Kier alpha value is -0.210. The van der Waals surface area contributed by atoms with Crippen molar-refractivity contribution in [2.75, 3.05) is 26.9 Å². The predicted octanol–water partition coefficient (Wildman–Crippen LogP) is -0.143. The van der Waals surface area contributed by atoms with E-state index in [2.05, 4.69) is 4.18 Å². The SMILES string of the molecule is COC(C)COCCOS(=O)(=O)O. The second-order valence-corrected chi connectivity index (χ2v) is 3.46. The third-order valence-corrected chi connectivity index (χ3v) is 1.68. The molecule has 0 bridgehead atoms. The zero-order valence-corrected chi connectivity index (χ0v) is 8.41. The standard InChI is InChI=1S/C6H14O6S/c1-6(10-2)5-11-3-4-12-13(7,8)9/h6H,3-5H2,1-2H3,(H,7,8,9). The summed E-state index contributed by atoms with van der Waals surface area (Å²) in [6.07, 6.45) is -0.0502. The van der Waals surface area contributed by atoms with E-state index in [-0.39, 0.29) is 19.3 Å². The lowest BCUT2D eigenvalue weighted by atomic mass is 10.4. The predicted molar refractivity (Wildman–Crippen MR) is 44.8 cm³/mol. The Labute approximate surface area is 77.7 Å². The van der Waals surface area contributed by atoms with Gasteiger partial charge in [0.25, 0.3) is 0 Å². The molecule has 1 N–H and O–H groups in total. The van der Waals surface area contributed by atoms with Gasteiger partial charge in [-0.15, -0.1) is 0 Å². The van der Waals surface area contributed by atoms with Gasteiger partial charge in [0.2, 0.25) is 0 Å². The van der Waals surface area contributed by atoms with Gasteiger partial charge in [-0.25, -0.2) is 4.18 Å². The average Bonchev–Trinajstić information content (AvgIpc) is 2.01. The van der Waals surface area contributed by atoms with E-state index in [9.17, 15) is 8.42 Å². The molecule has 0 aromatic heterocycles. The highest BCUT2D eigenvalue weighted by molar-refractivity contribution is 7.80. The first-order valence-electron chi connectivity index (χ1n) is 3.68. The zero-order valence-electron chi connectivity index (χ0n) is 7.60. The van der Waals surface area contributed by atoms with Crippen LogP contribution >= 0.6 is 0 Å². The van der Waals surface area contributed by atoms with Crippen LogP contribution in [-0.2, 0) is 24.1 Å². The Morgan fingerprint density at radius 1 is 1.38 bits per heavy atom. The lowest BCUT2D eigenvalue weighted by Gasteiger charge is -2.09. The van der Waals surface area contributed by atoms with Crippen LogP contribution in [0.25, 0.3) is 0 Å². The topological polar surface area (TPSA) is 82.1 Å². The fraction of sp³-hybridized carbons (Fsp3) is 1.00. The van der Waals surface area contributed by atoms with Gasteiger partial charge in [-0.2, -0.15) is 8.42 Å². The van der Waals surface area contributed by atoms with Crippen LogP contribution in [-0.4, -0.2) is 46.0 Å². The van der Waals surface area contributed by atoms with Gasteiger partial charge < -0.3 is 9.47 Å². The van der Waals surface area contributed by atoms with Gasteiger partial charge in [0.05, 0.1) is 25.9 Å². The summed E-state index contributed by atoms with van der Waals surface area (Å²) in [5, 5.41) is 0. The second kappa shape index (κ2) is 6.28. The quantitative estimate of drug-likeness (QED) is 0.469. The molecule has 0 radical (unpaired) electrons. The summed E-state index contributed by atoms with van der Waals surface area (Å²) in [6, 6.07) is 0. The van der Waals surface area contributed by atoms with Gasteiger partial charge in [0.1, 0.15) is 0 Å². The van der Waals surface area contributed by atoms with E-state index in [0.717, 1.165) is 0 Å². The first kappa shape index (κ1) is 12.8. The molecule has 0 aliphatic carbocycles. The van der Waals surface area contributed by atoms with Crippen LogP contribution in [0.15, 0.2) is 0 Å². The van der Waals surface area contributed by atoms with Gasteiger partial charge in [0, 0.05) is 7.11 Å². The van der Waals surface area contributed by atoms with Crippen LogP contribution in [0, 0.1) is 0 Å². The Morgan fingerprint density at radius 3 is 2.46 bits per heavy atom. The highest BCUT2D eigenvalue weighted by atomic mass is 32.3. The molecule has 0 rings (SSSR count). The molecule has 0 heterocycles. The van der Waals surface area contributed by atoms with Crippen molar-refractivity contribution in [2.24, 2.45) is 0 Å². The van der Waals surface area contributed by atoms with Gasteiger partial charge in [0.15, 0.2) is 0 Å². The first-order valence-corrected chi connectivity index (χ1v) is 5.04. The number of ether oxygens (including phenoxy) is 2. The molecule has 0 spiro atoms. The van der Waals surface area contributed by atoms with Crippen molar-refractivity contribution >= 4 is 10.4 Å². The maximum absolute atomic E-state index is 10.0. The molecule has 0 saturated heterocycles. The number of rotatable bonds is 7. The monoisotopic (exact) mass is 214 g/mol. The smallest absolute Gasteiger partial charge is 0.379 e. The van der Waals surface area contributed by atoms with Crippen LogP contribution in [0.4, 0.5) is 0 Å². The molecular weight excluding hydrogens is 200 g/mol. The summed E-state index contributed by atoms with van der Waals surface area (Å²) < 4.78 is 42.0. The molecule has 6 nitrogen and oxygen atoms in total. The van der Waals surface area contributed by atoms with E-state index in [1.165, 1.54) is 0 Å². The molecule has 80 valence electrons. The van der Waals surface area contributed by atoms with E-state index >= 15 is 0 Å². The molecular formula is C6H14O6S. The summed E-state index contributed by atoms with van der Waals surface area (Å²) in [4.78, 5) is 0. The van der Waals surface area contributed by atoms with Gasteiger partial charge in [-0.3, -0.25) is 4.55 Å². The summed E-state index contributed by atoms with van der Waals surface area (Å²) in [7, 11) is -2.80. The molecule has 7 heteroatoms. The molecule has 1 unspecified atom stereocenters. The van der Waals surface area contributed by atoms with Crippen molar-refractivity contribution in [2.45, 2.75) is 13.0 Å². The van der Waals surface area contributed by atoms with Gasteiger partial charge >= 0.3 is 10.4 Å². The van der Waals surface area contributed by atoms with E-state index < -0.39 is 10.4 Å². The highest BCUT2D eigenvalue weighted by Crippen LogP contribution is 1.90. The van der Waals surface area contributed by atoms with E-state index in [4.69, 9.17) is 14.0 Å². The molecule has 0 fully saturated rings. The summed E-state index contributed by atoms with van der Waals surface area (Å²) in [5.74, 6) is 0. The summed E-state index contributed by atoms with van der Waals surface area (Å²) in [5.41, 5.74) is 0. The van der Waals surface area contributed by atoms with Crippen molar-refractivity contribution in [1.82, 2.24) is 0 Å². The summed E-state index contributed by atoms with van der Waals surface area (Å²) in [6.45, 7) is 2.05. The normalized spacial score (nSPS) is 14.4. The third kappa shape index (κ3) is 9.71. The van der Waals surface area contributed by atoms with Crippen molar-refractivity contribution < 1.29 is 26.6 Å². The van der Waals surface area contributed by atoms with Crippen molar-refractivity contribution in [3.8, 4) is 0 Å². The molecule has 0 saturated carbocycles. The molecule has 0 aliphatic rings. The fourth-order valence-electron chi connectivity index (χ4n) is 0.516. The maximum Gasteiger partial charge on any atom is 0.397 e. The molecule has 0 amide bonds. The number of methoxy groups -OCH3 is 1.